The predicted octanol–water partition coefficient (Wildman–Crippen LogP) is 10.3. The standard InChI is InChI=1S/C36H27NO2/c1-8-19-36(20-9-1)26-13-3-2-11-25(26)34-24(12-10-14-27(34)36)23-21-32-35-33(22-23)39-31-18-7-5-16-29(31)37(35)28-15-4-6-17-30(28)38-32/h2-7,10-18,21-22H,1,8-9,19-20H2. The zero-order chi connectivity index (χ0) is 25.6. The number of rotatable bonds is 1. The van der Waals surface area contributed by atoms with E-state index in [0.717, 1.165) is 45.6 Å². The van der Waals surface area contributed by atoms with Gasteiger partial charge in [0.05, 0.1) is 11.4 Å². The Morgan fingerprint density at radius 1 is 0.538 bits per heavy atom. The van der Waals surface area contributed by atoms with E-state index in [1.54, 1.807) is 0 Å². The summed E-state index contributed by atoms with van der Waals surface area (Å²) in [5, 5.41) is 0. The predicted molar refractivity (Wildman–Crippen MR) is 156 cm³/mol. The average Bonchev–Trinajstić information content (AvgIpc) is 3.26. The molecule has 0 radical (unpaired) electrons. The first-order valence-corrected chi connectivity index (χ1v) is 14.1. The van der Waals surface area contributed by atoms with Gasteiger partial charge in [0.1, 0.15) is 5.69 Å². The second kappa shape index (κ2) is 7.77. The maximum Gasteiger partial charge on any atom is 0.156 e. The third kappa shape index (κ3) is 2.82. The molecule has 0 amide bonds. The normalized spacial score (nSPS) is 16.8. The first-order chi connectivity index (χ1) is 19.3. The minimum Gasteiger partial charge on any atom is -0.453 e. The molecule has 0 aromatic heterocycles. The molecule has 39 heavy (non-hydrogen) atoms. The van der Waals surface area contributed by atoms with E-state index in [4.69, 9.17) is 9.47 Å². The van der Waals surface area contributed by atoms with E-state index in [1.807, 2.05) is 24.3 Å². The molecule has 2 heterocycles. The molecule has 0 bridgehead atoms. The number of anilines is 3. The molecule has 2 aliphatic heterocycles. The number of nitrogens with zero attached hydrogens (tertiary/aromatic N) is 1. The van der Waals surface area contributed by atoms with Crippen LogP contribution in [0.4, 0.5) is 17.1 Å². The van der Waals surface area contributed by atoms with Crippen molar-refractivity contribution in [2.45, 2.75) is 37.5 Å². The van der Waals surface area contributed by atoms with Gasteiger partial charge in [0, 0.05) is 5.41 Å². The van der Waals surface area contributed by atoms with E-state index in [2.05, 4.69) is 83.8 Å². The summed E-state index contributed by atoms with van der Waals surface area (Å²) in [6, 6.07) is 36.9. The molecular formula is C36H27NO2. The van der Waals surface area contributed by atoms with Gasteiger partial charge in [0.15, 0.2) is 23.0 Å². The molecule has 1 spiro atoms. The molecule has 0 unspecified atom stereocenters. The van der Waals surface area contributed by atoms with Crippen LogP contribution in [0.3, 0.4) is 0 Å². The fourth-order valence-electron chi connectivity index (χ4n) is 7.62. The van der Waals surface area contributed by atoms with Crippen LogP contribution in [0.2, 0.25) is 0 Å². The first-order valence-electron chi connectivity index (χ1n) is 14.1. The van der Waals surface area contributed by atoms with Crippen LogP contribution in [-0.4, -0.2) is 0 Å². The van der Waals surface area contributed by atoms with Crippen LogP contribution in [-0.2, 0) is 5.41 Å². The molecule has 0 saturated heterocycles. The lowest BCUT2D eigenvalue weighted by Gasteiger charge is -2.38. The molecule has 2 aliphatic carbocycles. The molecule has 9 rings (SSSR count). The highest BCUT2D eigenvalue weighted by atomic mass is 16.5. The quantitative estimate of drug-likeness (QED) is 0.221. The fraction of sp³-hybridized carbons (Fsp3) is 0.167. The second-order valence-corrected chi connectivity index (χ2v) is 11.2. The van der Waals surface area contributed by atoms with Crippen molar-refractivity contribution in [1.29, 1.82) is 0 Å². The monoisotopic (exact) mass is 505 g/mol. The van der Waals surface area contributed by atoms with E-state index in [1.165, 1.54) is 59.9 Å². The Kier molecular flexibility index (Phi) is 4.27. The van der Waals surface area contributed by atoms with Crippen molar-refractivity contribution >= 4 is 17.1 Å². The molecule has 0 atom stereocenters. The smallest absolute Gasteiger partial charge is 0.156 e. The fourth-order valence-corrected chi connectivity index (χ4v) is 7.62. The van der Waals surface area contributed by atoms with Gasteiger partial charge in [-0.1, -0.05) is 86.0 Å². The lowest BCUT2D eigenvalue weighted by molar-refractivity contribution is 0.353. The first kappa shape index (κ1) is 21.4. The average molecular weight is 506 g/mol. The molecule has 188 valence electrons. The summed E-state index contributed by atoms with van der Waals surface area (Å²) >= 11 is 0. The third-order valence-corrected chi connectivity index (χ3v) is 9.23. The van der Waals surface area contributed by atoms with Crippen molar-refractivity contribution in [3.05, 3.63) is 114 Å². The molecule has 0 N–H and O–H groups in total. The molecule has 1 fully saturated rings. The van der Waals surface area contributed by atoms with E-state index >= 15 is 0 Å². The van der Waals surface area contributed by atoms with Gasteiger partial charge in [0.25, 0.3) is 0 Å². The minimum absolute atomic E-state index is 0.129. The SMILES string of the molecule is c1ccc2c(c1)Oc1cc(-c3cccc4c3-c3ccccc3C43CCCCC3)cc3c1N2c1ccccc1O3. The number of hydrogen-bond acceptors (Lipinski definition) is 3. The summed E-state index contributed by atoms with van der Waals surface area (Å²) < 4.78 is 13.2. The number of hydrogen-bond donors (Lipinski definition) is 0. The number of benzene rings is 5. The van der Waals surface area contributed by atoms with Crippen molar-refractivity contribution in [3.63, 3.8) is 0 Å². The van der Waals surface area contributed by atoms with Crippen molar-refractivity contribution in [1.82, 2.24) is 0 Å². The molecule has 3 nitrogen and oxygen atoms in total. The Morgan fingerprint density at radius 3 is 1.85 bits per heavy atom. The van der Waals surface area contributed by atoms with Gasteiger partial charge >= 0.3 is 0 Å². The summed E-state index contributed by atoms with van der Waals surface area (Å²) in [5.41, 5.74) is 11.3. The number of para-hydroxylation sites is 4. The molecule has 3 heteroatoms. The minimum atomic E-state index is 0.129. The summed E-state index contributed by atoms with van der Waals surface area (Å²) in [6.07, 6.45) is 6.37. The highest BCUT2D eigenvalue weighted by Crippen LogP contribution is 2.62. The van der Waals surface area contributed by atoms with Gasteiger partial charge < -0.3 is 9.47 Å². The van der Waals surface area contributed by atoms with E-state index in [9.17, 15) is 0 Å². The zero-order valence-electron chi connectivity index (χ0n) is 21.6. The summed E-state index contributed by atoms with van der Waals surface area (Å²) in [5.74, 6) is 3.36. The Morgan fingerprint density at radius 2 is 1.13 bits per heavy atom. The second-order valence-electron chi connectivity index (χ2n) is 11.2. The third-order valence-electron chi connectivity index (χ3n) is 9.23. The topological polar surface area (TPSA) is 21.7 Å². The Balaban J connectivity index is 1.29. The van der Waals surface area contributed by atoms with Crippen LogP contribution in [0.5, 0.6) is 23.0 Å². The van der Waals surface area contributed by atoms with Crippen molar-refractivity contribution in [2.75, 3.05) is 4.90 Å². The van der Waals surface area contributed by atoms with Crippen LogP contribution in [0, 0.1) is 0 Å². The molecule has 5 aromatic rings. The van der Waals surface area contributed by atoms with Gasteiger partial charge in [-0.2, -0.15) is 0 Å². The van der Waals surface area contributed by atoms with Crippen LogP contribution < -0.4 is 14.4 Å². The van der Waals surface area contributed by atoms with Crippen molar-refractivity contribution in [2.24, 2.45) is 0 Å². The van der Waals surface area contributed by atoms with Gasteiger partial charge in [-0.25, -0.2) is 0 Å². The molecular weight excluding hydrogens is 478 g/mol. The maximum atomic E-state index is 6.58. The van der Waals surface area contributed by atoms with Gasteiger partial charge in [0.2, 0.25) is 0 Å². The zero-order valence-corrected chi connectivity index (χ0v) is 21.6. The maximum absolute atomic E-state index is 6.58. The Bertz CT molecular complexity index is 1740. The highest BCUT2D eigenvalue weighted by Gasteiger charge is 2.44. The summed E-state index contributed by atoms with van der Waals surface area (Å²) in [4.78, 5) is 2.29. The van der Waals surface area contributed by atoms with Crippen LogP contribution >= 0.6 is 0 Å². The number of fused-ring (bicyclic) bond motifs is 9. The van der Waals surface area contributed by atoms with Gasteiger partial charge in [-0.3, -0.25) is 4.90 Å². The Labute approximate surface area is 228 Å². The van der Waals surface area contributed by atoms with E-state index in [0.29, 0.717) is 0 Å². The van der Waals surface area contributed by atoms with Gasteiger partial charge in [-0.15, -0.1) is 0 Å². The lowest BCUT2D eigenvalue weighted by atomic mass is 9.68. The molecule has 4 aliphatic rings. The molecule has 1 saturated carbocycles. The van der Waals surface area contributed by atoms with Crippen molar-refractivity contribution < 1.29 is 9.47 Å². The summed E-state index contributed by atoms with van der Waals surface area (Å²) in [7, 11) is 0. The highest BCUT2D eigenvalue weighted by molar-refractivity contribution is 5.98. The van der Waals surface area contributed by atoms with Crippen molar-refractivity contribution in [3.8, 4) is 45.3 Å². The largest absolute Gasteiger partial charge is 0.453 e. The van der Waals surface area contributed by atoms with E-state index < -0.39 is 0 Å². The Hall–Kier alpha value is -4.50. The summed E-state index contributed by atoms with van der Waals surface area (Å²) in [6.45, 7) is 0. The van der Waals surface area contributed by atoms with Crippen LogP contribution in [0.15, 0.2) is 103 Å². The van der Waals surface area contributed by atoms with Gasteiger partial charge in [-0.05, 0) is 82.6 Å². The number of ether oxygens (including phenoxy) is 2. The van der Waals surface area contributed by atoms with Crippen LogP contribution in [0.1, 0.15) is 43.2 Å². The van der Waals surface area contributed by atoms with E-state index in [-0.39, 0.29) is 5.41 Å². The van der Waals surface area contributed by atoms with Crippen LogP contribution in [0.25, 0.3) is 22.3 Å². The lowest BCUT2D eigenvalue weighted by Crippen LogP contribution is -2.27. The molecule has 5 aromatic carbocycles.